The molecule has 0 aliphatic carbocycles. The van der Waals surface area contributed by atoms with Gasteiger partial charge in [-0.1, -0.05) is 30.3 Å². The molecule has 1 aliphatic rings. The third-order valence-electron chi connectivity index (χ3n) is 4.69. The van der Waals surface area contributed by atoms with Crippen molar-refractivity contribution in [3.63, 3.8) is 0 Å². The van der Waals surface area contributed by atoms with Gasteiger partial charge in [0.2, 0.25) is 0 Å². The fourth-order valence-electron chi connectivity index (χ4n) is 3.38. The van der Waals surface area contributed by atoms with Crippen molar-refractivity contribution in [2.75, 3.05) is 13.1 Å². The first kappa shape index (κ1) is 16.6. The van der Waals surface area contributed by atoms with Crippen LogP contribution in [-0.4, -0.2) is 32.5 Å². The van der Waals surface area contributed by atoms with Crippen LogP contribution in [0, 0.1) is 0 Å². The summed E-state index contributed by atoms with van der Waals surface area (Å²) in [5, 5.41) is 0. The monoisotopic (exact) mass is 347 g/mol. The van der Waals surface area contributed by atoms with E-state index in [2.05, 4.69) is 22.0 Å². The van der Waals surface area contributed by atoms with Crippen molar-refractivity contribution in [3.05, 3.63) is 82.7 Å². The summed E-state index contributed by atoms with van der Waals surface area (Å²) in [4.78, 5) is 23.7. The summed E-state index contributed by atoms with van der Waals surface area (Å²) >= 11 is 0. The highest BCUT2D eigenvalue weighted by Crippen LogP contribution is 2.19. The summed E-state index contributed by atoms with van der Waals surface area (Å²) < 4.78 is 1.71. The molecule has 0 radical (unpaired) electrons. The highest BCUT2D eigenvalue weighted by Gasteiger charge is 2.23. The van der Waals surface area contributed by atoms with Gasteiger partial charge in [0.1, 0.15) is 5.82 Å². The lowest BCUT2D eigenvalue weighted by Crippen LogP contribution is -2.31. The fourth-order valence-corrected chi connectivity index (χ4v) is 3.38. The lowest BCUT2D eigenvalue weighted by Gasteiger charge is -2.21. The van der Waals surface area contributed by atoms with Crippen LogP contribution in [-0.2, 0) is 13.1 Å². The number of fused-ring (bicyclic) bond motifs is 1. The molecule has 0 spiro atoms. The molecule has 0 bridgehead atoms. The summed E-state index contributed by atoms with van der Waals surface area (Å²) in [5.74, 6) is 0.653. The lowest BCUT2D eigenvalue weighted by atomic mass is 10.1. The molecule has 0 saturated carbocycles. The van der Waals surface area contributed by atoms with E-state index in [1.807, 2.05) is 30.3 Å². The molecule has 2 aromatic heterocycles. The van der Waals surface area contributed by atoms with E-state index < -0.39 is 0 Å². The highest BCUT2D eigenvalue weighted by molar-refractivity contribution is 5.57. The van der Waals surface area contributed by atoms with Gasteiger partial charge in [0.05, 0.1) is 11.7 Å². The predicted molar refractivity (Wildman–Crippen MR) is 100 cm³/mol. The zero-order valence-electron chi connectivity index (χ0n) is 14.5. The zero-order valence-corrected chi connectivity index (χ0v) is 14.5. The van der Waals surface area contributed by atoms with E-state index in [-0.39, 0.29) is 11.6 Å². The average Bonchev–Trinajstić information content (AvgIpc) is 2.83. The van der Waals surface area contributed by atoms with Crippen molar-refractivity contribution >= 4 is 0 Å². The van der Waals surface area contributed by atoms with Crippen LogP contribution in [0.1, 0.15) is 17.4 Å². The molecule has 1 aromatic carbocycles. The van der Waals surface area contributed by atoms with E-state index in [4.69, 9.17) is 10.7 Å². The van der Waals surface area contributed by atoms with E-state index in [1.165, 1.54) is 5.56 Å². The van der Waals surface area contributed by atoms with E-state index in [0.29, 0.717) is 24.6 Å². The van der Waals surface area contributed by atoms with Crippen LogP contribution in [0.4, 0.5) is 0 Å². The van der Waals surface area contributed by atoms with Crippen LogP contribution < -0.4 is 11.3 Å². The lowest BCUT2D eigenvalue weighted by molar-refractivity contribution is 0.255. The molecular weight excluding hydrogens is 326 g/mol. The number of nitrogens with zero attached hydrogens (tertiary/aromatic N) is 4. The smallest absolute Gasteiger partial charge is 0.254 e. The molecule has 3 aromatic rings. The largest absolute Gasteiger partial charge is 0.320 e. The molecule has 0 saturated heterocycles. The summed E-state index contributed by atoms with van der Waals surface area (Å²) in [7, 11) is 0. The van der Waals surface area contributed by atoms with Crippen LogP contribution in [0.15, 0.2) is 65.7 Å². The van der Waals surface area contributed by atoms with E-state index in [9.17, 15) is 4.79 Å². The highest BCUT2D eigenvalue weighted by atomic mass is 16.1. The van der Waals surface area contributed by atoms with Gasteiger partial charge in [-0.3, -0.25) is 19.2 Å². The maximum Gasteiger partial charge on any atom is 0.254 e. The molecule has 0 fully saturated rings. The summed E-state index contributed by atoms with van der Waals surface area (Å²) in [6.45, 7) is 2.85. The van der Waals surface area contributed by atoms with Gasteiger partial charge in [-0.2, -0.15) is 0 Å². The zero-order chi connectivity index (χ0) is 17.9. The number of hydrogen-bond donors (Lipinski definition) is 1. The van der Waals surface area contributed by atoms with Crippen LogP contribution in [0.2, 0.25) is 0 Å². The molecule has 0 amide bonds. The third-order valence-corrected chi connectivity index (χ3v) is 4.69. The van der Waals surface area contributed by atoms with Gasteiger partial charge in [-0.05, 0) is 17.7 Å². The standard InChI is InChI=1S/C20H21N5O/c21-17-14-24(13-15-4-2-1-3-5-15)10-11-25-19(26)12-18(23-20(17)25)16-6-8-22-9-7-16/h1-9,12,17H,10-11,13-14,21H2. The molecule has 3 heterocycles. The van der Waals surface area contributed by atoms with Gasteiger partial charge in [0.15, 0.2) is 0 Å². The Balaban J connectivity index is 1.63. The van der Waals surface area contributed by atoms with Gasteiger partial charge in [0.25, 0.3) is 5.56 Å². The Morgan fingerprint density at radius 2 is 1.85 bits per heavy atom. The Morgan fingerprint density at radius 3 is 2.62 bits per heavy atom. The molecule has 132 valence electrons. The normalized spacial score (nSPS) is 17.5. The Morgan fingerprint density at radius 1 is 1.08 bits per heavy atom. The van der Waals surface area contributed by atoms with Crippen molar-refractivity contribution in [1.82, 2.24) is 19.4 Å². The molecule has 4 rings (SSSR count). The minimum Gasteiger partial charge on any atom is -0.320 e. The van der Waals surface area contributed by atoms with Gasteiger partial charge >= 0.3 is 0 Å². The third kappa shape index (κ3) is 3.42. The topological polar surface area (TPSA) is 77.0 Å². The first-order valence-electron chi connectivity index (χ1n) is 8.75. The first-order valence-corrected chi connectivity index (χ1v) is 8.75. The van der Waals surface area contributed by atoms with Gasteiger partial charge in [-0.15, -0.1) is 0 Å². The average molecular weight is 347 g/mol. The van der Waals surface area contributed by atoms with E-state index in [0.717, 1.165) is 18.7 Å². The number of hydrogen-bond acceptors (Lipinski definition) is 5. The van der Waals surface area contributed by atoms with Crippen LogP contribution in [0.3, 0.4) is 0 Å². The van der Waals surface area contributed by atoms with Crippen LogP contribution in [0.25, 0.3) is 11.3 Å². The molecule has 1 atom stereocenters. The first-order chi connectivity index (χ1) is 12.7. The fraction of sp³-hybridized carbons (Fsp3) is 0.250. The maximum atomic E-state index is 12.7. The molecule has 6 heteroatoms. The molecule has 6 nitrogen and oxygen atoms in total. The molecule has 1 aliphatic heterocycles. The molecule has 2 N–H and O–H groups in total. The van der Waals surface area contributed by atoms with Crippen molar-refractivity contribution in [2.24, 2.45) is 5.73 Å². The van der Waals surface area contributed by atoms with Crippen LogP contribution >= 0.6 is 0 Å². The second-order valence-corrected chi connectivity index (χ2v) is 6.55. The van der Waals surface area contributed by atoms with Crippen molar-refractivity contribution in [3.8, 4) is 11.3 Å². The number of aromatic nitrogens is 3. The second-order valence-electron chi connectivity index (χ2n) is 6.55. The maximum absolute atomic E-state index is 12.7. The number of benzene rings is 1. The quantitative estimate of drug-likeness (QED) is 0.782. The Labute approximate surface area is 151 Å². The molecule has 1 unspecified atom stereocenters. The summed E-state index contributed by atoms with van der Waals surface area (Å²) in [6.07, 6.45) is 3.39. The van der Waals surface area contributed by atoms with Gasteiger partial charge < -0.3 is 5.73 Å². The molecule has 26 heavy (non-hydrogen) atoms. The molecular formula is C20H21N5O. The van der Waals surface area contributed by atoms with E-state index in [1.54, 1.807) is 23.0 Å². The Kier molecular flexibility index (Phi) is 4.60. The predicted octanol–water partition coefficient (Wildman–Crippen LogP) is 1.82. The summed E-state index contributed by atoms with van der Waals surface area (Å²) in [6, 6.07) is 15.3. The minimum absolute atomic E-state index is 0.0566. The summed E-state index contributed by atoms with van der Waals surface area (Å²) in [5.41, 5.74) is 9.13. The number of pyridine rings is 1. The Hall–Kier alpha value is -2.83. The van der Waals surface area contributed by atoms with Crippen molar-refractivity contribution < 1.29 is 0 Å². The SMILES string of the molecule is NC1CN(Cc2ccccc2)CCn2c1nc(-c1ccncc1)cc2=O. The van der Waals surface area contributed by atoms with Crippen LogP contribution in [0.5, 0.6) is 0 Å². The van der Waals surface area contributed by atoms with Gasteiger partial charge in [-0.25, -0.2) is 4.98 Å². The number of nitrogens with two attached hydrogens (primary N) is 1. The number of rotatable bonds is 3. The second kappa shape index (κ2) is 7.19. The van der Waals surface area contributed by atoms with Crippen molar-refractivity contribution in [2.45, 2.75) is 19.1 Å². The van der Waals surface area contributed by atoms with Gasteiger partial charge in [0, 0.05) is 50.2 Å². The Bertz CT molecular complexity index is 939. The van der Waals surface area contributed by atoms with Crippen molar-refractivity contribution in [1.29, 1.82) is 0 Å². The van der Waals surface area contributed by atoms with E-state index >= 15 is 0 Å². The minimum atomic E-state index is -0.310.